The van der Waals surface area contributed by atoms with Crippen LogP contribution in [0, 0.1) is 0 Å². The number of ether oxygens (including phenoxy) is 2. The normalized spacial score (nSPS) is 15.4. The fourth-order valence-corrected chi connectivity index (χ4v) is 3.91. The van der Waals surface area contributed by atoms with E-state index in [-0.39, 0.29) is 11.9 Å². The van der Waals surface area contributed by atoms with E-state index in [1.807, 2.05) is 54.6 Å². The Bertz CT molecular complexity index is 885. The molecule has 6 nitrogen and oxygen atoms in total. The monoisotopic (exact) mass is 452 g/mol. The third-order valence-corrected chi connectivity index (χ3v) is 5.57. The second-order valence-corrected chi connectivity index (χ2v) is 9.66. The van der Waals surface area contributed by atoms with Crippen LogP contribution in [-0.2, 0) is 22.6 Å². The number of amides is 2. The van der Waals surface area contributed by atoms with Gasteiger partial charge in [0.1, 0.15) is 24.0 Å². The molecular weight excluding hydrogens is 416 g/mol. The molecule has 0 bridgehead atoms. The first kappa shape index (κ1) is 24.6. The van der Waals surface area contributed by atoms with Crippen molar-refractivity contribution in [3.63, 3.8) is 0 Å². The molecule has 33 heavy (non-hydrogen) atoms. The Morgan fingerprint density at radius 1 is 0.939 bits per heavy atom. The van der Waals surface area contributed by atoms with Gasteiger partial charge in [0, 0.05) is 12.5 Å². The van der Waals surface area contributed by atoms with Crippen molar-refractivity contribution in [2.45, 2.75) is 83.6 Å². The zero-order chi connectivity index (χ0) is 23.7. The predicted octanol–water partition coefficient (Wildman–Crippen LogP) is 5.15. The molecule has 2 amide bonds. The molecule has 2 N–H and O–H groups in total. The number of hydrogen-bond donors (Lipinski definition) is 2. The maximum atomic E-state index is 13.0. The van der Waals surface area contributed by atoms with Gasteiger partial charge in [0.15, 0.2) is 0 Å². The summed E-state index contributed by atoms with van der Waals surface area (Å²) in [7, 11) is 0. The first-order chi connectivity index (χ1) is 15.8. The smallest absolute Gasteiger partial charge is 0.408 e. The van der Waals surface area contributed by atoms with Crippen molar-refractivity contribution < 1.29 is 19.1 Å². The fourth-order valence-electron chi connectivity index (χ4n) is 3.91. The Hall–Kier alpha value is -3.02. The van der Waals surface area contributed by atoms with Crippen molar-refractivity contribution in [1.29, 1.82) is 0 Å². The number of rotatable bonds is 8. The number of carbonyl (C=O) groups is 2. The summed E-state index contributed by atoms with van der Waals surface area (Å²) in [4.78, 5) is 25.4. The highest BCUT2D eigenvalue weighted by atomic mass is 16.6. The Labute approximate surface area is 197 Å². The summed E-state index contributed by atoms with van der Waals surface area (Å²) in [6.07, 6.45) is 5.21. The lowest BCUT2D eigenvalue weighted by atomic mass is 9.95. The van der Waals surface area contributed by atoms with Gasteiger partial charge < -0.3 is 20.1 Å². The predicted molar refractivity (Wildman–Crippen MR) is 129 cm³/mol. The van der Waals surface area contributed by atoms with Crippen LogP contribution in [0.3, 0.4) is 0 Å². The van der Waals surface area contributed by atoms with Gasteiger partial charge in [0.2, 0.25) is 5.91 Å². The molecule has 1 atom stereocenters. The van der Waals surface area contributed by atoms with Crippen molar-refractivity contribution in [3.05, 3.63) is 65.7 Å². The quantitative estimate of drug-likeness (QED) is 0.581. The minimum absolute atomic E-state index is 0.169. The molecule has 0 spiro atoms. The van der Waals surface area contributed by atoms with Crippen LogP contribution in [0.2, 0.25) is 0 Å². The molecule has 3 rings (SSSR count). The molecule has 0 radical (unpaired) electrons. The van der Waals surface area contributed by atoms with E-state index < -0.39 is 17.7 Å². The van der Waals surface area contributed by atoms with Gasteiger partial charge in [-0.2, -0.15) is 0 Å². The van der Waals surface area contributed by atoms with Crippen LogP contribution in [0.1, 0.15) is 64.0 Å². The molecule has 0 saturated heterocycles. The van der Waals surface area contributed by atoms with Crippen LogP contribution >= 0.6 is 0 Å². The van der Waals surface area contributed by atoms with E-state index in [1.54, 1.807) is 20.8 Å². The third kappa shape index (κ3) is 8.79. The Morgan fingerprint density at radius 2 is 1.61 bits per heavy atom. The van der Waals surface area contributed by atoms with Crippen LogP contribution in [-0.4, -0.2) is 29.7 Å². The summed E-state index contributed by atoms with van der Waals surface area (Å²) < 4.78 is 11.2. The van der Waals surface area contributed by atoms with E-state index in [2.05, 4.69) is 10.6 Å². The molecule has 2 aromatic rings. The molecule has 1 unspecified atom stereocenters. The summed E-state index contributed by atoms with van der Waals surface area (Å²) in [5.74, 6) is 0.586. The van der Waals surface area contributed by atoms with Crippen LogP contribution in [0.15, 0.2) is 54.6 Å². The Morgan fingerprint density at radius 3 is 2.24 bits per heavy atom. The van der Waals surface area contributed by atoms with Crippen LogP contribution < -0.4 is 15.4 Å². The zero-order valence-corrected chi connectivity index (χ0v) is 19.9. The van der Waals surface area contributed by atoms with Gasteiger partial charge in [-0.1, -0.05) is 61.7 Å². The SMILES string of the molecule is CC(C)(C)OC(=O)NC(Cc1ccc(OCc2ccccc2)cc1)C(=O)NC1CCCCC1. The van der Waals surface area contributed by atoms with E-state index in [4.69, 9.17) is 9.47 Å². The molecule has 1 aliphatic rings. The lowest BCUT2D eigenvalue weighted by Crippen LogP contribution is -2.51. The number of hydrogen-bond acceptors (Lipinski definition) is 4. The third-order valence-electron chi connectivity index (χ3n) is 5.57. The van der Waals surface area contributed by atoms with E-state index >= 15 is 0 Å². The average molecular weight is 453 g/mol. The van der Waals surface area contributed by atoms with Gasteiger partial charge in [-0.3, -0.25) is 4.79 Å². The zero-order valence-electron chi connectivity index (χ0n) is 19.9. The summed E-state index contributed by atoms with van der Waals surface area (Å²) in [6.45, 7) is 5.90. The highest BCUT2D eigenvalue weighted by Gasteiger charge is 2.27. The average Bonchev–Trinajstić information content (AvgIpc) is 2.78. The second kappa shape index (κ2) is 11.7. The first-order valence-corrected chi connectivity index (χ1v) is 11.8. The first-order valence-electron chi connectivity index (χ1n) is 11.8. The fraction of sp³-hybridized carbons (Fsp3) is 0.481. The Balaban J connectivity index is 1.62. The van der Waals surface area contributed by atoms with Gasteiger partial charge in [-0.05, 0) is 56.9 Å². The van der Waals surface area contributed by atoms with E-state index in [9.17, 15) is 9.59 Å². The molecule has 0 heterocycles. The van der Waals surface area contributed by atoms with Crippen molar-refractivity contribution in [1.82, 2.24) is 10.6 Å². The van der Waals surface area contributed by atoms with Crippen LogP contribution in [0.25, 0.3) is 0 Å². The van der Waals surface area contributed by atoms with E-state index in [0.29, 0.717) is 13.0 Å². The minimum atomic E-state index is -0.710. The van der Waals surface area contributed by atoms with Crippen molar-refractivity contribution in [2.75, 3.05) is 0 Å². The summed E-state index contributed by atoms with van der Waals surface area (Å²) in [5.41, 5.74) is 1.40. The van der Waals surface area contributed by atoms with Gasteiger partial charge in [0.05, 0.1) is 0 Å². The highest BCUT2D eigenvalue weighted by molar-refractivity contribution is 5.86. The number of carbonyl (C=O) groups excluding carboxylic acids is 2. The van der Waals surface area contributed by atoms with E-state index in [0.717, 1.165) is 42.6 Å². The highest BCUT2D eigenvalue weighted by Crippen LogP contribution is 2.19. The molecule has 6 heteroatoms. The second-order valence-electron chi connectivity index (χ2n) is 9.66. The van der Waals surface area contributed by atoms with Crippen LogP contribution in [0.5, 0.6) is 5.75 Å². The standard InChI is InChI=1S/C27H36N2O4/c1-27(2,3)33-26(31)29-24(25(30)28-22-12-8-5-9-13-22)18-20-14-16-23(17-15-20)32-19-21-10-6-4-7-11-21/h4,6-7,10-11,14-17,22,24H,5,8-9,12-13,18-19H2,1-3H3,(H,28,30)(H,29,31). The number of alkyl carbamates (subject to hydrolysis) is 1. The molecule has 2 aromatic carbocycles. The van der Waals surface area contributed by atoms with Crippen molar-refractivity contribution in [3.8, 4) is 5.75 Å². The maximum Gasteiger partial charge on any atom is 0.408 e. The largest absolute Gasteiger partial charge is 0.489 e. The molecule has 0 aliphatic heterocycles. The lowest BCUT2D eigenvalue weighted by molar-refractivity contribution is -0.124. The van der Waals surface area contributed by atoms with Crippen LogP contribution in [0.4, 0.5) is 4.79 Å². The summed E-state index contributed by atoms with van der Waals surface area (Å²) in [5, 5.41) is 5.89. The topological polar surface area (TPSA) is 76.7 Å². The lowest BCUT2D eigenvalue weighted by Gasteiger charge is -2.27. The van der Waals surface area contributed by atoms with Gasteiger partial charge in [-0.25, -0.2) is 4.79 Å². The molecular formula is C27H36N2O4. The van der Waals surface area contributed by atoms with Gasteiger partial charge in [-0.15, -0.1) is 0 Å². The molecule has 1 fully saturated rings. The summed E-state index contributed by atoms with van der Waals surface area (Å²) in [6, 6.07) is 17.1. The number of nitrogens with one attached hydrogen (secondary N) is 2. The minimum Gasteiger partial charge on any atom is -0.489 e. The van der Waals surface area contributed by atoms with E-state index in [1.165, 1.54) is 6.42 Å². The molecule has 0 aromatic heterocycles. The number of benzene rings is 2. The van der Waals surface area contributed by atoms with Crippen molar-refractivity contribution >= 4 is 12.0 Å². The Kier molecular flexibility index (Phi) is 8.75. The van der Waals surface area contributed by atoms with Gasteiger partial charge in [0.25, 0.3) is 0 Å². The summed E-state index contributed by atoms with van der Waals surface area (Å²) >= 11 is 0. The van der Waals surface area contributed by atoms with Crippen molar-refractivity contribution in [2.24, 2.45) is 0 Å². The molecule has 1 saturated carbocycles. The molecule has 1 aliphatic carbocycles. The van der Waals surface area contributed by atoms with Gasteiger partial charge >= 0.3 is 6.09 Å². The maximum absolute atomic E-state index is 13.0. The molecule has 178 valence electrons.